The van der Waals surface area contributed by atoms with Gasteiger partial charge in [-0.1, -0.05) is 0 Å². The van der Waals surface area contributed by atoms with Gasteiger partial charge < -0.3 is 4.98 Å². The van der Waals surface area contributed by atoms with Crippen molar-refractivity contribution in [1.29, 1.82) is 5.26 Å². The van der Waals surface area contributed by atoms with Crippen molar-refractivity contribution in [2.24, 2.45) is 0 Å². The van der Waals surface area contributed by atoms with Crippen molar-refractivity contribution in [3.8, 4) is 6.07 Å². The molecule has 2 aromatic heterocycles. The summed E-state index contributed by atoms with van der Waals surface area (Å²) in [7, 11) is 0. The molecule has 2 heterocycles. The largest absolute Gasteiger partial charge is 0.370 e. The third-order valence-corrected chi connectivity index (χ3v) is 2.36. The number of rotatable bonds is 0. The summed E-state index contributed by atoms with van der Waals surface area (Å²) in [6.45, 7) is 0. The van der Waals surface area contributed by atoms with Gasteiger partial charge in [-0.25, -0.2) is 4.79 Å². The molecule has 16 heavy (non-hydrogen) atoms. The van der Waals surface area contributed by atoms with Crippen molar-refractivity contribution in [1.82, 2.24) is 19.6 Å². The van der Waals surface area contributed by atoms with E-state index in [1.165, 1.54) is 10.8 Å². The van der Waals surface area contributed by atoms with Crippen molar-refractivity contribution in [3.63, 3.8) is 0 Å². The number of benzene rings is 1. The molecule has 6 nitrogen and oxygen atoms in total. The molecular weight excluding hydrogens is 206 g/mol. The first-order chi connectivity index (χ1) is 7.79. The van der Waals surface area contributed by atoms with Crippen molar-refractivity contribution in [2.45, 2.75) is 0 Å². The molecule has 76 valence electrons. The van der Waals surface area contributed by atoms with E-state index in [9.17, 15) is 4.79 Å². The summed E-state index contributed by atoms with van der Waals surface area (Å²) < 4.78 is 1.17. The molecule has 0 aliphatic rings. The normalized spacial score (nSPS) is 10.7. The topological polar surface area (TPSA) is 86.8 Å². The van der Waals surface area contributed by atoms with E-state index in [0.717, 1.165) is 0 Å². The Labute approximate surface area is 88.8 Å². The van der Waals surface area contributed by atoms with Gasteiger partial charge in [0.25, 0.3) is 0 Å². The highest BCUT2D eigenvalue weighted by Gasteiger charge is 2.07. The lowest BCUT2D eigenvalue weighted by molar-refractivity contribution is 0.881. The molecule has 0 atom stereocenters. The number of H-pyrrole nitrogens is 1. The van der Waals surface area contributed by atoms with Crippen molar-refractivity contribution in [3.05, 3.63) is 40.6 Å². The van der Waals surface area contributed by atoms with E-state index < -0.39 is 5.69 Å². The van der Waals surface area contributed by atoms with Crippen LogP contribution in [0.25, 0.3) is 16.6 Å². The molecule has 3 aromatic rings. The molecule has 1 aromatic carbocycles. The van der Waals surface area contributed by atoms with Gasteiger partial charge in [-0.05, 0) is 18.2 Å². The van der Waals surface area contributed by atoms with Crippen molar-refractivity contribution < 1.29 is 0 Å². The fourth-order valence-corrected chi connectivity index (χ4v) is 1.65. The SMILES string of the molecule is N#Cc1ccc2nc(=O)n3nc[nH]c3c2c1. The zero-order valence-corrected chi connectivity index (χ0v) is 8.01. The Bertz CT molecular complexity index is 792. The van der Waals surface area contributed by atoms with Crippen LogP contribution in [0, 0.1) is 11.3 Å². The lowest BCUT2D eigenvalue weighted by atomic mass is 10.1. The zero-order chi connectivity index (χ0) is 11.1. The van der Waals surface area contributed by atoms with Gasteiger partial charge in [0, 0.05) is 5.39 Å². The zero-order valence-electron chi connectivity index (χ0n) is 8.01. The quantitative estimate of drug-likeness (QED) is 0.584. The van der Waals surface area contributed by atoms with Crippen LogP contribution in [-0.2, 0) is 0 Å². The standard InChI is InChI=1S/C10H5N5O/c11-4-6-1-2-8-7(3-6)9-12-5-13-15(9)10(16)14-8/h1-3,5H,(H,12,13). The molecule has 0 bridgehead atoms. The van der Waals surface area contributed by atoms with Gasteiger partial charge in [-0.3, -0.25) is 0 Å². The van der Waals surface area contributed by atoms with E-state index in [2.05, 4.69) is 15.1 Å². The molecular formula is C10H5N5O. The summed E-state index contributed by atoms with van der Waals surface area (Å²) in [5.41, 5.74) is 1.18. The molecule has 0 aliphatic heterocycles. The number of nitrogens with zero attached hydrogens (tertiary/aromatic N) is 4. The van der Waals surface area contributed by atoms with Gasteiger partial charge in [-0.2, -0.15) is 19.9 Å². The van der Waals surface area contributed by atoms with Gasteiger partial charge in [0.1, 0.15) is 12.0 Å². The summed E-state index contributed by atoms with van der Waals surface area (Å²) in [6.07, 6.45) is 1.41. The number of nitriles is 1. The molecule has 6 heteroatoms. The third-order valence-electron chi connectivity index (χ3n) is 2.36. The highest BCUT2D eigenvalue weighted by Crippen LogP contribution is 2.15. The Morgan fingerprint density at radius 1 is 1.44 bits per heavy atom. The lowest BCUT2D eigenvalue weighted by Crippen LogP contribution is -2.17. The Morgan fingerprint density at radius 2 is 2.31 bits per heavy atom. The highest BCUT2D eigenvalue weighted by atomic mass is 16.1. The molecule has 0 saturated carbocycles. The fraction of sp³-hybridized carbons (Fsp3) is 0. The first kappa shape index (κ1) is 8.61. The van der Waals surface area contributed by atoms with Gasteiger partial charge in [0.15, 0.2) is 0 Å². The molecule has 1 N–H and O–H groups in total. The van der Waals surface area contributed by atoms with E-state index in [4.69, 9.17) is 5.26 Å². The smallest absolute Gasteiger partial charge is 0.329 e. The van der Waals surface area contributed by atoms with Crippen LogP contribution in [0.2, 0.25) is 0 Å². The van der Waals surface area contributed by atoms with E-state index in [0.29, 0.717) is 22.1 Å². The predicted molar refractivity (Wildman–Crippen MR) is 55.8 cm³/mol. The van der Waals surface area contributed by atoms with Gasteiger partial charge >= 0.3 is 5.69 Å². The summed E-state index contributed by atoms with van der Waals surface area (Å²) in [6, 6.07) is 6.99. The Hall–Kier alpha value is -2.68. The van der Waals surface area contributed by atoms with E-state index in [-0.39, 0.29) is 0 Å². The lowest BCUT2D eigenvalue weighted by Gasteiger charge is -1.98. The third kappa shape index (κ3) is 1.02. The minimum atomic E-state index is -0.437. The summed E-state index contributed by atoms with van der Waals surface area (Å²) in [4.78, 5) is 18.2. The maximum Gasteiger partial charge on any atom is 0.370 e. The van der Waals surface area contributed by atoms with Gasteiger partial charge in [0.2, 0.25) is 0 Å². The summed E-state index contributed by atoms with van der Waals surface area (Å²) in [5, 5.41) is 13.3. The number of aromatic amines is 1. The number of aromatic nitrogens is 4. The van der Waals surface area contributed by atoms with Crippen LogP contribution in [0.15, 0.2) is 29.3 Å². The van der Waals surface area contributed by atoms with E-state index in [1.54, 1.807) is 18.2 Å². The number of hydrogen-bond acceptors (Lipinski definition) is 4. The van der Waals surface area contributed by atoms with Crippen LogP contribution < -0.4 is 5.69 Å². The van der Waals surface area contributed by atoms with Crippen molar-refractivity contribution >= 4 is 16.6 Å². The summed E-state index contributed by atoms with van der Waals surface area (Å²) in [5.74, 6) is 0. The Balaban J connectivity index is 2.62. The van der Waals surface area contributed by atoms with Crippen LogP contribution in [0.3, 0.4) is 0 Å². The maximum atomic E-state index is 11.5. The number of fused-ring (bicyclic) bond motifs is 3. The van der Waals surface area contributed by atoms with E-state index >= 15 is 0 Å². The Morgan fingerprint density at radius 3 is 3.12 bits per heavy atom. The highest BCUT2D eigenvalue weighted by molar-refractivity contribution is 5.91. The maximum absolute atomic E-state index is 11.5. The average Bonchev–Trinajstić information content (AvgIpc) is 2.78. The number of hydrogen-bond donors (Lipinski definition) is 1. The van der Waals surface area contributed by atoms with E-state index in [1.807, 2.05) is 6.07 Å². The monoisotopic (exact) mass is 211 g/mol. The second-order valence-electron chi connectivity index (χ2n) is 3.29. The molecule has 0 spiro atoms. The molecule has 3 rings (SSSR count). The number of nitrogens with one attached hydrogen (secondary N) is 1. The van der Waals surface area contributed by atoms with Crippen LogP contribution in [-0.4, -0.2) is 19.6 Å². The molecule has 0 amide bonds. The molecule has 0 fully saturated rings. The minimum absolute atomic E-state index is 0.437. The van der Waals surface area contributed by atoms with Crippen molar-refractivity contribution in [2.75, 3.05) is 0 Å². The fourth-order valence-electron chi connectivity index (χ4n) is 1.65. The van der Waals surface area contributed by atoms with Crippen LogP contribution in [0.4, 0.5) is 0 Å². The Kier molecular flexibility index (Phi) is 1.56. The van der Waals surface area contributed by atoms with Crippen LogP contribution in [0.1, 0.15) is 5.56 Å². The second kappa shape index (κ2) is 2.90. The molecule has 0 aliphatic carbocycles. The van der Waals surface area contributed by atoms with Gasteiger partial charge in [-0.15, -0.1) is 0 Å². The van der Waals surface area contributed by atoms with Gasteiger partial charge in [0.05, 0.1) is 17.1 Å². The molecule has 0 unspecified atom stereocenters. The predicted octanol–water partition coefficient (Wildman–Crippen LogP) is 0.442. The summed E-state index contributed by atoms with van der Waals surface area (Å²) >= 11 is 0. The average molecular weight is 211 g/mol. The van der Waals surface area contributed by atoms with Crippen LogP contribution in [0.5, 0.6) is 0 Å². The molecule has 0 saturated heterocycles. The first-order valence-corrected chi connectivity index (χ1v) is 4.56. The minimum Gasteiger partial charge on any atom is -0.329 e. The first-order valence-electron chi connectivity index (χ1n) is 4.56. The molecule has 0 radical (unpaired) electrons. The second-order valence-corrected chi connectivity index (χ2v) is 3.29. The van der Waals surface area contributed by atoms with Crippen LogP contribution >= 0.6 is 0 Å².